The second-order valence-electron chi connectivity index (χ2n) is 3.49. The molecule has 0 fully saturated rings. The molecule has 19 heavy (non-hydrogen) atoms. The molecule has 0 saturated heterocycles. The Bertz CT molecular complexity index is 616. The summed E-state index contributed by atoms with van der Waals surface area (Å²) >= 11 is 3.28. The lowest BCUT2D eigenvalue weighted by Crippen LogP contribution is -2.19. The highest BCUT2D eigenvalue weighted by atomic mass is 79.9. The first kappa shape index (κ1) is 13.2. The highest BCUT2D eigenvalue weighted by Gasteiger charge is 2.05. The minimum atomic E-state index is -0.473. The van der Waals surface area contributed by atoms with Crippen molar-refractivity contribution in [2.45, 2.75) is 0 Å². The topological polar surface area (TPSA) is 87.5 Å². The van der Waals surface area contributed by atoms with Crippen molar-refractivity contribution in [3.63, 3.8) is 0 Å². The van der Waals surface area contributed by atoms with Gasteiger partial charge in [-0.1, -0.05) is 15.9 Å². The summed E-state index contributed by atoms with van der Waals surface area (Å²) in [5.41, 5.74) is 2.94. The van der Waals surface area contributed by atoms with E-state index in [2.05, 4.69) is 36.4 Å². The molecule has 6 nitrogen and oxygen atoms in total. The second kappa shape index (κ2) is 6.05. The number of phenolic OH excluding ortho intramolecular Hbond substituents is 1. The van der Waals surface area contributed by atoms with Gasteiger partial charge in [0.2, 0.25) is 0 Å². The number of carbonyl (C=O) groups excluding carboxylic acids is 1. The van der Waals surface area contributed by atoms with Crippen molar-refractivity contribution in [1.82, 2.24) is 15.4 Å². The van der Waals surface area contributed by atoms with Gasteiger partial charge in [-0.2, -0.15) is 5.10 Å². The second-order valence-corrected chi connectivity index (χ2v) is 4.41. The molecule has 0 bridgehead atoms. The number of aromatic hydroxyl groups is 1. The Balaban J connectivity index is 2.04. The molecule has 1 amide bonds. The van der Waals surface area contributed by atoms with Gasteiger partial charge in [-0.05, 0) is 18.2 Å². The van der Waals surface area contributed by atoms with Crippen molar-refractivity contribution in [2.24, 2.45) is 5.10 Å². The molecule has 0 saturated carbocycles. The zero-order valence-electron chi connectivity index (χ0n) is 9.62. The first-order valence-corrected chi connectivity index (χ1v) is 6.04. The number of hydrogen-bond acceptors (Lipinski definition) is 5. The predicted octanol–water partition coefficient (Wildman–Crippen LogP) is 1.71. The van der Waals surface area contributed by atoms with Gasteiger partial charge in [-0.15, -0.1) is 0 Å². The fourth-order valence-electron chi connectivity index (χ4n) is 1.26. The number of nitrogens with zero attached hydrogens (tertiary/aromatic N) is 3. The minimum Gasteiger partial charge on any atom is -0.507 e. The number of hydrazone groups is 1. The predicted molar refractivity (Wildman–Crippen MR) is 72.9 cm³/mol. The monoisotopic (exact) mass is 320 g/mol. The first-order valence-electron chi connectivity index (χ1n) is 5.25. The SMILES string of the molecule is O=C(N/N=C\c1cc(Br)ccc1O)c1cnccn1. The Labute approximate surface area is 117 Å². The van der Waals surface area contributed by atoms with E-state index < -0.39 is 5.91 Å². The zero-order chi connectivity index (χ0) is 13.7. The van der Waals surface area contributed by atoms with Crippen molar-refractivity contribution in [3.05, 3.63) is 52.5 Å². The summed E-state index contributed by atoms with van der Waals surface area (Å²) in [6, 6.07) is 4.90. The highest BCUT2D eigenvalue weighted by Crippen LogP contribution is 2.19. The lowest BCUT2D eigenvalue weighted by atomic mass is 10.2. The fourth-order valence-corrected chi connectivity index (χ4v) is 1.64. The van der Waals surface area contributed by atoms with E-state index in [1.165, 1.54) is 30.9 Å². The molecule has 2 N–H and O–H groups in total. The Morgan fingerprint density at radius 3 is 3.00 bits per heavy atom. The third kappa shape index (κ3) is 3.59. The molecule has 0 radical (unpaired) electrons. The van der Waals surface area contributed by atoms with Gasteiger partial charge in [0.15, 0.2) is 0 Å². The molecule has 0 atom stereocenters. The normalized spacial score (nSPS) is 10.6. The first-order chi connectivity index (χ1) is 9.16. The van der Waals surface area contributed by atoms with Crippen LogP contribution in [-0.4, -0.2) is 27.2 Å². The van der Waals surface area contributed by atoms with Crippen LogP contribution in [0.3, 0.4) is 0 Å². The molecule has 0 spiro atoms. The van der Waals surface area contributed by atoms with Gasteiger partial charge in [0.05, 0.1) is 12.4 Å². The van der Waals surface area contributed by atoms with E-state index in [1.807, 2.05) is 0 Å². The number of aromatic nitrogens is 2. The van der Waals surface area contributed by atoms with Gasteiger partial charge < -0.3 is 5.11 Å². The summed E-state index contributed by atoms with van der Waals surface area (Å²) in [4.78, 5) is 19.2. The van der Waals surface area contributed by atoms with Crippen LogP contribution in [0.1, 0.15) is 16.1 Å². The van der Waals surface area contributed by atoms with Crippen molar-refractivity contribution in [2.75, 3.05) is 0 Å². The molecule has 0 aliphatic heterocycles. The highest BCUT2D eigenvalue weighted by molar-refractivity contribution is 9.10. The van der Waals surface area contributed by atoms with Crippen LogP contribution >= 0.6 is 15.9 Å². The van der Waals surface area contributed by atoms with Gasteiger partial charge in [0.1, 0.15) is 11.4 Å². The van der Waals surface area contributed by atoms with Crippen LogP contribution in [0.15, 0.2) is 46.4 Å². The Hall–Kier alpha value is -2.28. The average Bonchev–Trinajstić information content (AvgIpc) is 2.43. The molecule has 7 heteroatoms. The van der Waals surface area contributed by atoms with Gasteiger partial charge in [-0.25, -0.2) is 10.4 Å². The molecule has 2 rings (SSSR count). The molecule has 1 heterocycles. The molecular formula is C12H9BrN4O2. The number of halogens is 1. The Morgan fingerprint density at radius 2 is 2.26 bits per heavy atom. The Morgan fingerprint density at radius 1 is 1.42 bits per heavy atom. The van der Waals surface area contributed by atoms with Crippen molar-refractivity contribution >= 4 is 28.1 Å². The smallest absolute Gasteiger partial charge is 0.291 e. The molecule has 1 aromatic carbocycles. The standard InChI is InChI=1S/C12H9BrN4O2/c13-9-1-2-11(18)8(5-9)6-16-17-12(19)10-7-14-3-4-15-10/h1-7,18H,(H,17,19)/b16-6-. The summed E-state index contributed by atoms with van der Waals surface area (Å²) in [6.07, 6.45) is 5.56. The average molecular weight is 321 g/mol. The quantitative estimate of drug-likeness (QED) is 0.665. The number of hydrogen-bond donors (Lipinski definition) is 2. The van der Waals surface area contributed by atoms with Crippen LogP contribution in [0.4, 0.5) is 0 Å². The summed E-state index contributed by atoms with van der Waals surface area (Å²) in [5.74, 6) is -0.403. The summed E-state index contributed by atoms with van der Waals surface area (Å²) < 4.78 is 0.798. The van der Waals surface area contributed by atoms with Crippen LogP contribution < -0.4 is 5.43 Å². The van der Waals surface area contributed by atoms with E-state index in [9.17, 15) is 9.90 Å². The van der Waals surface area contributed by atoms with E-state index in [0.29, 0.717) is 5.56 Å². The largest absolute Gasteiger partial charge is 0.507 e. The lowest BCUT2D eigenvalue weighted by Gasteiger charge is -2.00. The van der Waals surface area contributed by atoms with Gasteiger partial charge >= 0.3 is 0 Å². The summed E-state index contributed by atoms with van der Waals surface area (Å²) in [5, 5.41) is 13.3. The Kier molecular flexibility index (Phi) is 4.19. The van der Waals surface area contributed by atoms with Gasteiger partial charge in [0.25, 0.3) is 5.91 Å². The number of carbonyl (C=O) groups is 1. The number of phenols is 1. The summed E-state index contributed by atoms with van der Waals surface area (Å²) in [6.45, 7) is 0. The van der Waals surface area contributed by atoms with Gasteiger partial charge in [0, 0.05) is 22.4 Å². The summed E-state index contributed by atoms with van der Waals surface area (Å²) in [7, 11) is 0. The third-order valence-corrected chi connectivity index (χ3v) is 2.65. The number of amides is 1. The third-order valence-electron chi connectivity index (χ3n) is 2.16. The maximum Gasteiger partial charge on any atom is 0.291 e. The van der Waals surface area contributed by atoms with Crippen LogP contribution in [0.5, 0.6) is 5.75 Å². The van der Waals surface area contributed by atoms with Crippen LogP contribution in [0.2, 0.25) is 0 Å². The maximum absolute atomic E-state index is 11.6. The molecule has 96 valence electrons. The van der Waals surface area contributed by atoms with E-state index in [1.54, 1.807) is 12.1 Å². The molecular weight excluding hydrogens is 312 g/mol. The minimum absolute atomic E-state index is 0.0701. The van der Waals surface area contributed by atoms with E-state index >= 15 is 0 Å². The lowest BCUT2D eigenvalue weighted by molar-refractivity contribution is 0.0949. The molecule has 0 aliphatic carbocycles. The number of benzene rings is 1. The number of rotatable bonds is 3. The van der Waals surface area contributed by atoms with Crippen LogP contribution in [0.25, 0.3) is 0 Å². The molecule has 1 aromatic heterocycles. The molecule has 0 aliphatic rings. The van der Waals surface area contributed by atoms with Crippen molar-refractivity contribution in [3.8, 4) is 5.75 Å². The molecule has 2 aromatic rings. The van der Waals surface area contributed by atoms with Crippen molar-refractivity contribution < 1.29 is 9.90 Å². The van der Waals surface area contributed by atoms with E-state index in [4.69, 9.17) is 0 Å². The van der Waals surface area contributed by atoms with Crippen molar-refractivity contribution in [1.29, 1.82) is 0 Å². The molecule has 0 unspecified atom stereocenters. The van der Waals surface area contributed by atoms with Crippen LogP contribution in [0, 0.1) is 0 Å². The van der Waals surface area contributed by atoms with Gasteiger partial charge in [-0.3, -0.25) is 9.78 Å². The van der Waals surface area contributed by atoms with E-state index in [-0.39, 0.29) is 11.4 Å². The number of nitrogens with one attached hydrogen (secondary N) is 1. The maximum atomic E-state index is 11.6. The zero-order valence-corrected chi connectivity index (χ0v) is 11.2. The van der Waals surface area contributed by atoms with E-state index in [0.717, 1.165) is 4.47 Å². The fraction of sp³-hybridized carbons (Fsp3) is 0. The van der Waals surface area contributed by atoms with Crippen LogP contribution in [-0.2, 0) is 0 Å².